The van der Waals surface area contributed by atoms with Gasteiger partial charge in [0.05, 0.1) is 33.4 Å². The summed E-state index contributed by atoms with van der Waals surface area (Å²) in [4.78, 5) is 30.6. The molecule has 0 radical (unpaired) electrons. The Morgan fingerprint density at radius 1 is 1.14 bits per heavy atom. The standard InChI is InChI=1S/C25H20ClN5O4S2/c26-18-7-6-16(14-17(18)24-28-19-3-1-2-4-22(19)37-24)27-25(36)29-23(32)15-5-8-20(21(13-15)31(33)34)30-9-11-35-12-10-30/h1-8,13-14H,9-12H2,(H2,27,29,32,36). The van der Waals surface area contributed by atoms with Crippen molar-refractivity contribution in [2.24, 2.45) is 0 Å². The van der Waals surface area contributed by atoms with Crippen molar-refractivity contribution in [3.63, 3.8) is 0 Å². The van der Waals surface area contributed by atoms with Crippen molar-refractivity contribution in [1.82, 2.24) is 10.3 Å². The molecule has 9 nitrogen and oxygen atoms in total. The molecule has 2 heterocycles. The van der Waals surface area contributed by atoms with Gasteiger partial charge in [0.15, 0.2) is 5.11 Å². The first kappa shape index (κ1) is 25.0. The lowest BCUT2D eigenvalue weighted by Gasteiger charge is -2.28. The molecule has 0 unspecified atom stereocenters. The predicted octanol–water partition coefficient (Wildman–Crippen LogP) is 5.49. The number of thiazole rings is 1. The molecule has 0 spiro atoms. The second-order valence-electron chi connectivity index (χ2n) is 8.15. The largest absolute Gasteiger partial charge is 0.378 e. The molecule has 1 saturated heterocycles. The first-order chi connectivity index (χ1) is 17.9. The van der Waals surface area contributed by atoms with Crippen LogP contribution in [0.5, 0.6) is 0 Å². The van der Waals surface area contributed by atoms with E-state index in [0.717, 1.165) is 20.8 Å². The molecule has 188 valence electrons. The number of nitrogens with zero attached hydrogens (tertiary/aromatic N) is 3. The molecule has 1 amide bonds. The molecule has 2 N–H and O–H groups in total. The average Bonchev–Trinajstić information content (AvgIpc) is 3.34. The van der Waals surface area contributed by atoms with E-state index in [9.17, 15) is 14.9 Å². The quantitative estimate of drug-likeness (QED) is 0.190. The maximum absolute atomic E-state index is 12.8. The molecule has 1 aromatic heterocycles. The number of benzene rings is 3. The van der Waals surface area contributed by atoms with Gasteiger partial charge in [-0.15, -0.1) is 11.3 Å². The third-order valence-corrected chi connectivity index (χ3v) is 7.37. The monoisotopic (exact) mass is 553 g/mol. The Balaban J connectivity index is 1.30. The molecule has 3 aromatic carbocycles. The number of aromatic nitrogens is 1. The van der Waals surface area contributed by atoms with E-state index in [2.05, 4.69) is 15.6 Å². The molecule has 1 aliphatic rings. The summed E-state index contributed by atoms with van der Waals surface area (Å²) in [5.41, 5.74) is 2.65. The number of amides is 1. The molecule has 0 aliphatic carbocycles. The third-order valence-electron chi connectivity index (χ3n) is 5.76. The van der Waals surface area contributed by atoms with Crippen molar-refractivity contribution in [3.8, 4) is 10.6 Å². The number of morpholine rings is 1. The van der Waals surface area contributed by atoms with Crippen LogP contribution in [0.3, 0.4) is 0 Å². The second-order valence-corrected chi connectivity index (χ2v) is 10.00. The summed E-state index contributed by atoms with van der Waals surface area (Å²) in [5, 5.41) is 18.6. The fourth-order valence-corrected chi connectivity index (χ4v) is 5.44. The number of rotatable bonds is 5. The lowest BCUT2D eigenvalue weighted by molar-refractivity contribution is -0.384. The SMILES string of the molecule is O=C(NC(=S)Nc1ccc(Cl)c(-c2nc3ccccc3s2)c1)c1ccc(N2CCOCC2)c([N+](=O)[O-])c1. The zero-order chi connectivity index (χ0) is 25.9. The van der Waals surface area contributed by atoms with E-state index in [-0.39, 0.29) is 16.4 Å². The van der Waals surface area contributed by atoms with Crippen molar-refractivity contribution >= 4 is 73.5 Å². The number of carbonyl (C=O) groups is 1. The number of thiocarbonyl (C=S) groups is 1. The van der Waals surface area contributed by atoms with Gasteiger partial charge in [-0.25, -0.2) is 4.98 Å². The second kappa shape index (κ2) is 10.8. The lowest BCUT2D eigenvalue weighted by atomic mass is 10.1. The molecular formula is C25H20ClN5O4S2. The maximum Gasteiger partial charge on any atom is 0.293 e. The van der Waals surface area contributed by atoms with Gasteiger partial charge in [-0.1, -0.05) is 23.7 Å². The molecular weight excluding hydrogens is 534 g/mol. The van der Waals surface area contributed by atoms with Crippen LogP contribution in [0.4, 0.5) is 17.1 Å². The topological polar surface area (TPSA) is 110 Å². The number of anilines is 2. The van der Waals surface area contributed by atoms with Gasteiger partial charge in [0.25, 0.3) is 11.6 Å². The zero-order valence-corrected chi connectivity index (χ0v) is 21.7. The van der Waals surface area contributed by atoms with Crippen LogP contribution in [0.1, 0.15) is 10.4 Å². The Morgan fingerprint density at radius 3 is 2.68 bits per heavy atom. The van der Waals surface area contributed by atoms with Gasteiger partial charge in [0, 0.05) is 36.0 Å². The molecule has 1 fully saturated rings. The summed E-state index contributed by atoms with van der Waals surface area (Å²) in [6, 6.07) is 17.5. The fourth-order valence-electron chi connectivity index (χ4n) is 3.97. The third kappa shape index (κ3) is 5.54. The van der Waals surface area contributed by atoms with E-state index in [4.69, 9.17) is 28.6 Å². The molecule has 4 aromatic rings. The summed E-state index contributed by atoms with van der Waals surface area (Å²) in [6.45, 7) is 2.07. The van der Waals surface area contributed by atoms with E-state index in [1.165, 1.54) is 17.4 Å². The Bertz CT molecular complexity index is 1490. The minimum absolute atomic E-state index is 0.0440. The highest BCUT2D eigenvalue weighted by atomic mass is 35.5. The molecule has 0 bridgehead atoms. The number of carbonyl (C=O) groups excluding carboxylic acids is 1. The van der Waals surface area contributed by atoms with Crippen molar-refractivity contribution in [2.45, 2.75) is 0 Å². The molecule has 12 heteroatoms. The Labute approximate surface area is 226 Å². The van der Waals surface area contributed by atoms with Crippen molar-refractivity contribution in [3.05, 3.63) is 81.4 Å². The number of fused-ring (bicyclic) bond motifs is 1. The predicted molar refractivity (Wildman–Crippen MR) is 150 cm³/mol. The summed E-state index contributed by atoms with van der Waals surface area (Å²) in [6.07, 6.45) is 0. The molecule has 37 heavy (non-hydrogen) atoms. The molecule has 0 atom stereocenters. The summed E-state index contributed by atoms with van der Waals surface area (Å²) >= 11 is 13.3. The fraction of sp³-hybridized carbons (Fsp3) is 0.160. The number of nitrogens with one attached hydrogen (secondary N) is 2. The average molecular weight is 554 g/mol. The first-order valence-corrected chi connectivity index (χ1v) is 12.9. The van der Waals surface area contributed by atoms with Crippen LogP contribution >= 0.6 is 35.2 Å². The Morgan fingerprint density at radius 2 is 1.92 bits per heavy atom. The van der Waals surface area contributed by atoms with Crippen LogP contribution in [0.2, 0.25) is 5.02 Å². The van der Waals surface area contributed by atoms with Crippen LogP contribution in [0.15, 0.2) is 60.7 Å². The zero-order valence-electron chi connectivity index (χ0n) is 19.3. The van der Waals surface area contributed by atoms with Crippen molar-refractivity contribution < 1.29 is 14.5 Å². The number of nitro benzene ring substituents is 1. The van der Waals surface area contributed by atoms with Crippen LogP contribution in [0, 0.1) is 10.1 Å². The number of hydrogen-bond acceptors (Lipinski definition) is 8. The van der Waals surface area contributed by atoms with Gasteiger partial charge >= 0.3 is 0 Å². The van der Waals surface area contributed by atoms with Gasteiger partial charge in [-0.2, -0.15) is 0 Å². The highest BCUT2D eigenvalue weighted by Gasteiger charge is 2.23. The molecule has 0 saturated carbocycles. The van der Waals surface area contributed by atoms with E-state index in [1.54, 1.807) is 30.3 Å². The van der Waals surface area contributed by atoms with Gasteiger partial charge in [0.2, 0.25) is 0 Å². The van der Waals surface area contributed by atoms with Crippen molar-refractivity contribution in [2.75, 3.05) is 36.5 Å². The smallest absolute Gasteiger partial charge is 0.293 e. The first-order valence-electron chi connectivity index (χ1n) is 11.3. The number of halogens is 1. The summed E-state index contributed by atoms with van der Waals surface area (Å²) in [5.74, 6) is -0.561. The summed E-state index contributed by atoms with van der Waals surface area (Å²) < 4.78 is 6.37. The highest BCUT2D eigenvalue weighted by Crippen LogP contribution is 2.36. The van der Waals surface area contributed by atoms with E-state index in [1.807, 2.05) is 29.2 Å². The Kier molecular flexibility index (Phi) is 7.28. The van der Waals surface area contributed by atoms with Crippen LogP contribution in [-0.4, -0.2) is 47.2 Å². The molecule has 1 aliphatic heterocycles. The molecule has 5 rings (SSSR count). The minimum atomic E-state index is -0.561. The van der Waals surface area contributed by atoms with Gasteiger partial charge in [-0.05, 0) is 54.7 Å². The van der Waals surface area contributed by atoms with Gasteiger partial charge in [-0.3, -0.25) is 20.2 Å². The van der Waals surface area contributed by atoms with E-state index in [0.29, 0.717) is 42.7 Å². The number of hydrogen-bond donors (Lipinski definition) is 2. The van der Waals surface area contributed by atoms with Crippen molar-refractivity contribution in [1.29, 1.82) is 0 Å². The van der Waals surface area contributed by atoms with Crippen LogP contribution in [0.25, 0.3) is 20.8 Å². The lowest BCUT2D eigenvalue weighted by Crippen LogP contribution is -2.37. The summed E-state index contributed by atoms with van der Waals surface area (Å²) in [7, 11) is 0. The minimum Gasteiger partial charge on any atom is -0.378 e. The Hall–Kier alpha value is -3.64. The van der Waals surface area contributed by atoms with Gasteiger partial charge < -0.3 is 15.0 Å². The van der Waals surface area contributed by atoms with Crippen LogP contribution in [-0.2, 0) is 4.74 Å². The van der Waals surface area contributed by atoms with Gasteiger partial charge in [0.1, 0.15) is 10.7 Å². The van der Waals surface area contributed by atoms with E-state index < -0.39 is 10.8 Å². The van der Waals surface area contributed by atoms with Crippen LogP contribution < -0.4 is 15.5 Å². The number of nitro groups is 1. The number of para-hydroxylation sites is 1. The normalized spacial score (nSPS) is 13.4. The number of ether oxygens (including phenoxy) is 1. The maximum atomic E-state index is 12.8. The highest BCUT2D eigenvalue weighted by molar-refractivity contribution is 7.80. The van der Waals surface area contributed by atoms with E-state index >= 15 is 0 Å².